The first-order valence-corrected chi connectivity index (χ1v) is 5.79. The van der Waals surface area contributed by atoms with E-state index in [1.54, 1.807) is 0 Å². The maximum Gasteiger partial charge on any atom is 0.407 e. The molecule has 0 fully saturated rings. The first-order chi connectivity index (χ1) is 10.2. The zero-order valence-corrected chi connectivity index (χ0v) is 11.6. The van der Waals surface area contributed by atoms with Crippen molar-refractivity contribution in [1.82, 2.24) is 0 Å². The lowest BCUT2D eigenvalue weighted by Gasteiger charge is -2.38. The Kier molecular flexibility index (Phi) is 7.16. The molecule has 0 bridgehead atoms. The number of aliphatic hydroxyl groups is 3. The predicted molar refractivity (Wildman–Crippen MR) is 70.5 cm³/mol. The van der Waals surface area contributed by atoms with Crippen molar-refractivity contribution in [2.24, 2.45) is 0 Å². The van der Waals surface area contributed by atoms with Crippen LogP contribution in [-0.4, -0.2) is 51.6 Å². The minimum Gasteiger partial charge on any atom is -0.410 e. The highest BCUT2D eigenvalue weighted by Gasteiger charge is 2.60. The molecule has 22 heavy (non-hydrogen) atoms. The normalized spacial score (nSPS) is 11.0. The van der Waals surface area contributed by atoms with Gasteiger partial charge in [-0.1, -0.05) is 19.7 Å². The smallest absolute Gasteiger partial charge is 0.407 e. The molecule has 0 radical (unpaired) electrons. The van der Waals surface area contributed by atoms with Gasteiger partial charge >= 0.3 is 29.7 Å². The highest BCUT2D eigenvalue weighted by Crippen LogP contribution is 2.32. The molecule has 0 aliphatic heterocycles. The molecule has 0 rings (SSSR count). The molecular weight excluding hydrogens is 300 g/mol. The van der Waals surface area contributed by atoms with Crippen LogP contribution in [0.5, 0.6) is 0 Å². The number of carbonyl (C=O) groups is 3. The molecule has 0 aromatic heterocycles. The summed E-state index contributed by atoms with van der Waals surface area (Å²) >= 11 is 0. The van der Waals surface area contributed by atoms with Crippen molar-refractivity contribution in [2.75, 3.05) is 6.61 Å². The molecule has 0 saturated heterocycles. The van der Waals surface area contributed by atoms with Gasteiger partial charge in [0.1, 0.15) is 0 Å². The van der Waals surface area contributed by atoms with Crippen molar-refractivity contribution in [1.29, 1.82) is 0 Å². The number of hydrogen-bond acceptors (Lipinski definition) is 9. The van der Waals surface area contributed by atoms with Crippen molar-refractivity contribution in [3.8, 4) is 0 Å². The van der Waals surface area contributed by atoms with E-state index >= 15 is 0 Å². The van der Waals surface area contributed by atoms with Crippen molar-refractivity contribution < 1.29 is 43.9 Å². The van der Waals surface area contributed by atoms with Gasteiger partial charge < -0.3 is 29.5 Å². The second-order valence-corrected chi connectivity index (χ2v) is 3.71. The van der Waals surface area contributed by atoms with Crippen molar-refractivity contribution in [3.05, 3.63) is 38.0 Å². The predicted octanol–water partition coefficient (Wildman–Crippen LogP) is -1.11. The molecule has 0 saturated carbocycles. The fraction of sp³-hybridized carbons (Fsp3) is 0.308. The molecule has 0 aliphatic rings. The van der Waals surface area contributed by atoms with Gasteiger partial charge in [0.25, 0.3) is 0 Å². The van der Waals surface area contributed by atoms with Crippen LogP contribution in [0.1, 0.15) is 6.42 Å². The fourth-order valence-corrected chi connectivity index (χ4v) is 1.23. The Morgan fingerprint density at radius 3 is 1.55 bits per heavy atom. The van der Waals surface area contributed by atoms with E-state index in [0.29, 0.717) is 18.2 Å². The van der Waals surface area contributed by atoms with E-state index in [9.17, 15) is 24.6 Å². The molecule has 9 nitrogen and oxygen atoms in total. The quantitative estimate of drug-likeness (QED) is 0.274. The van der Waals surface area contributed by atoms with Crippen LogP contribution in [0.25, 0.3) is 0 Å². The SMILES string of the molecule is C=CC(=O)OC(O)(O)C(CCO)(OC(=O)C=C)OC(=O)C=C. The van der Waals surface area contributed by atoms with E-state index < -0.39 is 42.7 Å². The van der Waals surface area contributed by atoms with Gasteiger partial charge in [-0.05, 0) is 0 Å². The monoisotopic (exact) mass is 316 g/mol. The van der Waals surface area contributed by atoms with Gasteiger partial charge in [-0.25, -0.2) is 14.4 Å². The molecular formula is C13H16O9. The maximum atomic E-state index is 11.4. The topological polar surface area (TPSA) is 140 Å². The third-order valence-corrected chi connectivity index (χ3v) is 2.21. The van der Waals surface area contributed by atoms with E-state index in [1.165, 1.54) is 0 Å². The first kappa shape index (κ1) is 19.5. The minimum absolute atomic E-state index is 0.579. The summed E-state index contributed by atoms with van der Waals surface area (Å²) < 4.78 is 13.4. The minimum atomic E-state index is -3.61. The lowest BCUT2D eigenvalue weighted by molar-refractivity contribution is -0.443. The van der Waals surface area contributed by atoms with Crippen molar-refractivity contribution in [2.45, 2.75) is 18.2 Å². The van der Waals surface area contributed by atoms with Gasteiger partial charge in [0.15, 0.2) is 0 Å². The summed E-state index contributed by atoms with van der Waals surface area (Å²) in [5.41, 5.74) is 0. The Bertz CT molecular complexity index is 456. The van der Waals surface area contributed by atoms with E-state index in [1.807, 2.05) is 0 Å². The Morgan fingerprint density at radius 2 is 1.23 bits per heavy atom. The molecule has 0 aliphatic carbocycles. The number of rotatable bonds is 9. The van der Waals surface area contributed by atoms with E-state index in [-0.39, 0.29) is 0 Å². The Balaban J connectivity index is 5.85. The number of ether oxygens (including phenoxy) is 3. The van der Waals surface area contributed by atoms with Crippen LogP contribution in [0.15, 0.2) is 38.0 Å². The van der Waals surface area contributed by atoms with E-state index in [4.69, 9.17) is 5.11 Å². The third-order valence-electron chi connectivity index (χ3n) is 2.21. The van der Waals surface area contributed by atoms with Gasteiger partial charge in [-0.3, -0.25) is 0 Å². The van der Waals surface area contributed by atoms with Gasteiger partial charge in [0, 0.05) is 18.2 Å². The molecule has 0 unspecified atom stereocenters. The summed E-state index contributed by atoms with van der Waals surface area (Å²) in [5, 5.41) is 28.8. The summed E-state index contributed by atoms with van der Waals surface area (Å²) in [6, 6.07) is 0. The molecule has 0 aromatic carbocycles. The Morgan fingerprint density at radius 1 is 0.864 bits per heavy atom. The number of esters is 3. The summed E-state index contributed by atoms with van der Waals surface area (Å²) in [6.45, 7) is 8.36. The zero-order chi connectivity index (χ0) is 17.4. The van der Waals surface area contributed by atoms with E-state index in [0.717, 1.165) is 0 Å². The standard InChI is InChI=1S/C13H16O9/c1-4-9(15)20-12(7-8-14,21-10(16)5-2)13(18,19)22-11(17)6-3/h4-6,14,18-19H,1-3,7-8H2. The van der Waals surface area contributed by atoms with Crippen LogP contribution in [0.4, 0.5) is 0 Å². The van der Waals surface area contributed by atoms with Gasteiger partial charge in [-0.2, -0.15) is 0 Å². The molecule has 0 aromatic rings. The van der Waals surface area contributed by atoms with Gasteiger partial charge in [0.05, 0.1) is 13.0 Å². The second-order valence-electron chi connectivity index (χ2n) is 3.71. The van der Waals surface area contributed by atoms with Crippen LogP contribution in [0.2, 0.25) is 0 Å². The molecule has 0 spiro atoms. The van der Waals surface area contributed by atoms with Crippen LogP contribution in [0.3, 0.4) is 0 Å². The van der Waals surface area contributed by atoms with Crippen LogP contribution < -0.4 is 0 Å². The molecule has 122 valence electrons. The van der Waals surface area contributed by atoms with Gasteiger partial charge in [-0.15, -0.1) is 0 Å². The van der Waals surface area contributed by atoms with Gasteiger partial charge in [0.2, 0.25) is 0 Å². The third kappa shape index (κ3) is 4.81. The molecule has 0 heterocycles. The first-order valence-electron chi connectivity index (χ1n) is 5.79. The van der Waals surface area contributed by atoms with Crippen LogP contribution >= 0.6 is 0 Å². The van der Waals surface area contributed by atoms with Crippen molar-refractivity contribution in [3.63, 3.8) is 0 Å². The van der Waals surface area contributed by atoms with E-state index in [2.05, 4.69) is 33.9 Å². The van der Waals surface area contributed by atoms with Crippen LogP contribution in [0, 0.1) is 0 Å². The largest absolute Gasteiger partial charge is 0.410 e. The fourth-order valence-electron chi connectivity index (χ4n) is 1.23. The Hall–Kier alpha value is -2.49. The maximum absolute atomic E-state index is 11.4. The summed E-state index contributed by atoms with van der Waals surface area (Å²) in [6.07, 6.45) is 0.998. The average Bonchev–Trinajstić information content (AvgIpc) is 2.46. The highest BCUT2D eigenvalue weighted by atomic mass is 16.9. The van der Waals surface area contributed by atoms with Crippen molar-refractivity contribution >= 4 is 17.9 Å². The number of hydrogen-bond donors (Lipinski definition) is 3. The average molecular weight is 316 g/mol. The molecule has 0 amide bonds. The summed E-state index contributed by atoms with van der Waals surface area (Å²) in [4.78, 5) is 33.8. The number of carbonyl (C=O) groups excluding carboxylic acids is 3. The second kappa shape index (κ2) is 8.08. The molecule has 9 heteroatoms. The molecule has 3 N–H and O–H groups in total. The Labute approximate surface area is 125 Å². The summed E-state index contributed by atoms with van der Waals surface area (Å²) in [7, 11) is 0. The summed E-state index contributed by atoms with van der Waals surface area (Å²) in [5.74, 6) is -10.4. The molecule has 0 atom stereocenters. The van der Waals surface area contributed by atoms with Crippen LogP contribution in [-0.2, 0) is 28.6 Å². The highest BCUT2D eigenvalue weighted by molar-refractivity contribution is 5.84. The lowest BCUT2D eigenvalue weighted by Crippen LogP contribution is -2.61. The zero-order valence-electron chi connectivity index (χ0n) is 11.6. The lowest BCUT2D eigenvalue weighted by atomic mass is 10.1. The number of aliphatic hydroxyl groups excluding tert-OH is 1.